The van der Waals surface area contributed by atoms with Crippen LogP contribution in [-0.2, 0) is 4.79 Å². The minimum Gasteiger partial charge on any atom is -0.481 e. The second-order valence-electron chi connectivity index (χ2n) is 4.54. The van der Waals surface area contributed by atoms with Gasteiger partial charge in [-0.3, -0.25) is 14.9 Å². The third-order valence-corrected chi connectivity index (χ3v) is 3.13. The van der Waals surface area contributed by atoms with Crippen molar-refractivity contribution in [2.45, 2.75) is 25.9 Å². The van der Waals surface area contributed by atoms with E-state index in [-0.39, 0.29) is 11.6 Å². The van der Waals surface area contributed by atoms with Gasteiger partial charge in [0.1, 0.15) is 5.75 Å². The second-order valence-corrected chi connectivity index (χ2v) is 4.54. The van der Waals surface area contributed by atoms with E-state index in [1.807, 2.05) is 0 Å². The molecule has 1 aliphatic rings. The first-order chi connectivity index (χ1) is 9.08. The minimum atomic E-state index is -0.570. The smallest absolute Gasteiger partial charge is 0.269 e. The number of rotatable bonds is 4. The van der Waals surface area contributed by atoms with Gasteiger partial charge in [-0.1, -0.05) is 0 Å². The number of hydrogen-bond acceptors (Lipinski definition) is 4. The van der Waals surface area contributed by atoms with Gasteiger partial charge in [0.2, 0.25) is 0 Å². The molecule has 1 amide bonds. The lowest BCUT2D eigenvalue weighted by Gasteiger charge is -2.21. The van der Waals surface area contributed by atoms with Gasteiger partial charge in [0, 0.05) is 25.2 Å². The van der Waals surface area contributed by atoms with Crippen LogP contribution in [0.25, 0.3) is 0 Å². The third-order valence-electron chi connectivity index (χ3n) is 3.13. The van der Waals surface area contributed by atoms with Gasteiger partial charge in [0.25, 0.3) is 11.6 Å². The van der Waals surface area contributed by atoms with Crippen molar-refractivity contribution in [2.75, 3.05) is 13.1 Å². The van der Waals surface area contributed by atoms with Crippen LogP contribution < -0.4 is 4.74 Å². The van der Waals surface area contributed by atoms with Crippen molar-refractivity contribution in [3.8, 4) is 5.75 Å². The maximum Gasteiger partial charge on any atom is 0.269 e. The lowest BCUT2D eigenvalue weighted by molar-refractivity contribution is -0.384. The fourth-order valence-electron chi connectivity index (χ4n) is 2.10. The molecule has 102 valence electrons. The van der Waals surface area contributed by atoms with Gasteiger partial charge in [0.05, 0.1) is 4.92 Å². The van der Waals surface area contributed by atoms with Crippen LogP contribution in [0.15, 0.2) is 24.3 Å². The van der Waals surface area contributed by atoms with Crippen molar-refractivity contribution >= 4 is 11.6 Å². The van der Waals surface area contributed by atoms with Gasteiger partial charge in [-0.15, -0.1) is 0 Å². The molecule has 0 aromatic heterocycles. The van der Waals surface area contributed by atoms with Gasteiger partial charge >= 0.3 is 0 Å². The first-order valence-electron chi connectivity index (χ1n) is 6.28. The number of benzene rings is 1. The lowest BCUT2D eigenvalue weighted by atomic mass is 10.3. The predicted molar refractivity (Wildman–Crippen MR) is 69.0 cm³/mol. The summed E-state index contributed by atoms with van der Waals surface area (Å²) < 4.78 is 5.51. The summed E-state index contributed by atoms with van der Waals surface area (Å²) in [6.07, 6.45) is 1.51. The Morgan fingerprint density at radius 2 is 1.89 bits per heavy atom. The largest absolute Gasteiger partial charge is 0.481 e. The molecule has 1 saturated heterocycles. The zero-order chi connectivity index (χ0) is 13.8. The molecule has 6 heteroatoms. The number of hydrogen-bond donors (Lipinski definition) is 0. The van der Waals surface area contributed by atoms with Crippen LogP contribution in [0.1, 0.15) is 19.8 Å². The maximum absolute atomic E-state index is 12.0. The second kappa shape index (κ2) is 5.69. The summed E-state index contributed by atoms with van der Waals surface area (Å²) in [5, 5.41) is 10.5. The molecule has 2 rings (SSSR count). The average Bonchev–Trinajstić information content (AvgIpc) is 2.92. The minimum absolute atomic E-state index is 0.00544. The molecule has 0 saturated carbocycles. The van der Waals surface area contributed by atoms with Crippen LogP contribution in [0, 0.1) is 10.1 Å². The highest BCUT2D eigenvalue weighted by Crippen LogP contribution is 2.19. The van der Waals surface area contributed by atoms with Crippen LogP contribution in [0.2, 0.25) is 0 Å². The zero-order valence-corrected chi connectivity index (χ0v) is 10.7. The topological polar surface area (TPSA) is 72.7 Å². The van der Waals surface area contributed by atoms with E-state index in [1.54, 1.807) is 11.8 Å². The number of likely N-dealkylation sites (tertiary alicyclic amines) is 1. The van der Waals surface area contributed by atoms with Crippen LogP contribution in [0.3, 0.4) is 0 Å². The summed E-state index contributed by atoms with van der Waals surface area (Å²) in [6, 6.07) is 5.74. The molecule has 0 radical (unpaired) electrons. The number of carbonyl (C=O) groups excluding carboxylic acids is 1. The Balaban J connectivity index is 1.96. The summed E-state index contributed by atoms with van der Waals surface area (Å²) in [7, 11) is 0. The van der Waals surface area contributed by atoms with Crippen LogP contribution in [0.5, 0.6) is 5.75 Å². The number of carbonyl (C=O) groups is 1. The SMILES string of the molecule is CC(Oc1ccc([N+](=O)[O-])cc1)C(=O)N1CCCC1. The fraction of sp³-hybridized carbons (Fsp3) is 0.462. The molecule has 0 N–H and O–H groups in total. The monoisotopic (exact) mass is 264 g/mol. The molecule has 1 heterocycles. The van der Waals surface area contributed by atoms with Crippen molar-refractivity contribution in [2.24, 2.45) is 0 Å². The molecule has 0 aliphatic carbocycles. The van der Waals surface area contributed by atoms with Gasteiger partial charge < -0.3 is 9.64 Å². The molecular weight excluding hydrogens is 248 g/mol. The Bertz CT molecular complexity index is 466. The normalized spacial score (nSPS) is 16.2. The number of non-ortho nitro benzene ring substituents is 1. The van der Waals surface area contributed by atoms with Crippen molar-refractivity contribution in [1.82, 2.24) is 4.90 Å². The Morgan fingerprint density at radius 1 is 1.32 bits per heavy atom. The number of nitro groups is 1. The Labute approximate surface area is 111 Å². The van der Waals surface area contributed by atoms with Gasteiger partial charge in [0.15, 0.2) is 6.10 Å². The Morgan fingerprint density at radius 3 is 2.42 bits per heavy atom. The third kappa shape index (κ3) is 3.21. The van der Waals surface area contributed by atoms with E-state index < -0.39 is 11.0 Å². The number of nitro benzene ring substituents is 1. The lowest BCUT2D eigenvalue weighted by Crippen LogP contribution is -2.38. The van der Waals surface area contributed by atoms with E-state index in [4.69, 9.17) is 4.74 Å². The van der Waals surface area contributed by atoms with Gasteiger partial charge in [-0.25, -0.2) is 0 Å². The standard InChI is InChI=1S/C13H16N2O4/c1-10(13(16)14-8-2-3-9-14)19-12-6-4-11(5-7-12)15(17)18/h4-7,10H,2-3,8-9H2,1H3. The quantitative estimate of drug-likeness (QED) is 0.615. The Hall–Kier alpha value is -2.11. The highest BCUT2D eigenvalue weighted by molar-refractivity contribution is 5.81. The summed E-state index contributed by atoms with van der Waals surface area (Å²) >= 11 is 0. The fourth-order valence-corrected chi connectivity index (χ4v) is 2.10. The Kier molecular flexibility index (Phi) is 3.99. The first-order valence-corrected chi connectivity index (χ1v) is 6.28. The van der Waals surface area contributed by atoms with E-state index in [1.165, 1.54) is 24.3 Å². The summed E-state index contributed by atoms with van der Waals surface area (Å²) in [5.41, 5.74) is 0.00544. The highest BCUT2D eigenvalue weighted by atomic mass is 16.6. The summed E-state index contributed by atoms with van der Waals surface area (Å²) in [5.74, 6) is 0.432. The molecule has 19 heavy (non-hydrogen) atoms. The molecule has 1 atom stereocenters. The van der Waals surface area contributed by atoms with Crippen LogP contribution in [0.4, 0.5) is 5.69 Å². The van der Waals surface area contributed by atoms with E-state index in [2.05, 4.69) is 0 Å². The van der Waals surface area contributed by atoms with E-state index in [9.17, 15) is 14.9 Å². The van der Waals surface area contributed by atoms with Crippen molar-refractivity contribution in [3.63, 3.8) is 0 Å². The summed E-state index contributed by atoms with van der Waals surface area (Å²) in [6.45, 7) is 3.27. The van der Waals surface area contributed by atoms with E-state index in [0.29, 0.717) is 5.75 Å². The number of nitrogens with zero attached hydrogens (tertiary/aromatic N) is 2. The molecule has 1 fully saturated rings. The van der Waals surface area contributed by atoms with Gasteiger partial charge in [-0.2, -0.15) is 0 Å². The molecule has 1 unspecified atom stereocenters. The van der Waals surface area contributed by atoms with Crippen LogP contribution in [-0.4, -0.2) is 34.9 Å². The van der Waals surface area contributed by atoms with Crippen molar-refractivity contribution < 1.29 is 14.5 Å². The first kappa shape index (κ1) is 13.3. The molecule has 1 aromatic carbocycles. The number of amides is 1. The molecule has 1 aliphatic heterocycles. The predicted octanol–water partition coefficient (Wildman–Crippen LogP) is 1.98. The maximum atomic E-state index is 12.0. The zero-order valence-electron chi connectivity index (χ0n) is 10.7. The summed E-state index contributed by atoms with van der Waals surface area (Å²) in [4.78, 5) is 23.9. The molecule has 0 spiro atoms. The van der Waals surface area contributed by atoms with Crippen molar-refractivity contribution in [1.29, 1.82) is 0 Å². The van der Waals surface area contributed by atoms with Crippen LogP contribution >= 0.6 is 0 Å². The van der Waals surface area contributed by atoms with Crippen molar-refractivity contribution in [3.05, 3.63) is 34.4 Å². The van der Waals surface area contributed by atoms with E-state index in [0.717, 1.165) is 25.9 Å². The molecule has 0 bridgehead atoms. The van der Waals surface area contributed by atoms with E-state index >= 15 is 0 Å². The number of ether oxygens (including phenoxy) is 1. The molecular formula is C13H16N2O4. The average molecular weight is 264 g/mol. The highest BCUT2D eigenvalue weighted by Gasteiger charge is 2.24. The molecule has 6 nitrogen and oxygen atoms in total. The van der Waals surface area contributed by atoms with Gasteiger partial charge in [-0.05, 0) is 31.9 Å². The molecule has 1 aromatic rings.